The average Bonchev–Trinajstić information content (AvgIpc) is 3.49. The van der Waals surface area contributed by atoms with E-state index in [1.807, 2.05) is 25.1 Å². The Kier molecular flexibility index (Phi) is 7.36. The number of fused-ring (bicyclic) bond motifs is 2. The molecule has 1 amide bonds. The number of amides is 1. The van der Waals surface area contributed by atoms with E-state index in [0.29, 0.717) is 58.2 Å². The molecular formula is C26H29N9O4S. The van der Waals surface area contributed by atoms with Crippen LogP contribution in [0.25, 0.3) is 33.5 Å². The molecule has 40 heavy (non-hydrogen) atoms. The Bertz CT molecular complexity index is 1810. The highest BCUT2D eigenvalue weighted by atomic mass is 32.2. The number of nitrogens with one attached hydrogen (secondary N) is 2. The number of pyridine rings is 1. The van der Waals surface area contributed by atoms with Gasteiger partial charge in [0.25, 0.3) is 0 Å². The van der Waals surface area contributed by atoms with E-state index in [9.17, 15) is 13.2 Å². The van der Waals surface area contributed by atoms with Crippen molar-refractivity contribution in [2.75, 3.05) is 45.3 Å². The standard InChI is InChI=1S/C26H29N9O4S/c1-33(2)11-9-27-25(36)14-21-18-15-29-20(19-16-30-34-10-5-8-28-26(19)34)13-23(18)35(31-21)22-7-6-17(12-24(22)39-3)32-40(4,37)38/h5-8,10,12-13,15-16,32H,9,11,14H2,1-4H3,(H,27,36). The van der Waals surface area contributed by atoms with Crippen molar-refractivity contribution in [2.24, 2.45) is 0 Å². The zero-order valence-electron chi connectivity index (χ0n) is 22.5. The third-order valence-electron chi connectivity index (χ3n) is 6.12. The first-order valence-electron chi connectivity index (χ1n) is 12.4. The fourth-order valence-electron chi connectivity index (χ4n) is 4.30. The van der Waals surface area contributed by atoms with E-state index in [4.69, 9.17) is 9.84 Å². The minimum absolute atomic E-state index is 0.0479. The minimum Gasteiger partial charge on any atom is -0.494 e. The Morgan fingerprint density at radius 2 is 1.98 bits per heavy atom. The van der Waals surface area contributed by atoms with E-state index >= 15 is 0 Å². The molecule has 1 aromatic carbocycles. The van der Waals surface area contributed by atoms with Gasteiger partial charge in [-0.2, -0.15) is 10.2 Å². The summed E-state index contributed by atoms with van der Waals surface area (Å²) < 4.78 is 34.9. The van der Waals surface area contributed by atoms with Gasteiger partial charge in [-0.25, -0.2) is 22.6 Å². The number of sulfonamides is 1. The van der Waals surface area contributed by atoms with Gasteiger partial charge in [0, 0.05) is 43.1 Å². The SMILES string of the molecule is COc1cc(NS(C)(=O)=O)ccc1-n1nc(CC(=O)NCCN(C)C)c2cnc(-c3cnn4cccnc34)cc21. The maximum atomic E-state index is 12.8. The van der Waals surface area contributed by atoms with Crippen molar-refractivity contribution in [2.45, 2.75) is 6.42 Å². The van der Waals surface area contributed by atoms with Gasteiger partial charge >= 0.3 is 0 Å². The molecule has 0 spiro atoms. The summed E-state index contributed by atoms with van der Waals surface area (Å²) in [6, 6.07) is 8.56. The number of methoxy groups -OCH3 is 1. The number of likely N-dealkylation sites (N-methyl/N-ethyl adjacent to an activating group) is 1. The highest BCUT2D eigenvalue weighted by Gasteiger charge is 2.20. The lowest BCUT2D eigenvalue weighted by Crippen LogP contribution is -2.32. The molecular weight excluding hydrogens is 534 g/mol. The molecule has 4 heterocycles. The van der Waals surface area contributed by atoms with E-state index in [2.05, 4.69) is 25.1 Å². The van der Waals surface area contributed by atoms with E-state index in [-0.39, 0.29) is 12.3 Å². The third kappa shape index (κ3) is 5.72. The van der Waals surface area contributed by atoms with Crippen molar-refractivity contribution in [1.82, 2.24) is 39.6 Å². The first-order chi connectivity index (χ1) is 19.1. The number of hydrogen-bond donors (Lipinski definition) is 2. The Balaban J connectivity index is 1.62. The molecule has 5 aromatic rings. The molecule has 0 bridgehead atoms. The molecule has 0 radical (unpaired) electrons. The van der Waals surface area contributed by atoms with Crippen LogP contribution in [0.5, 0.6) is 5.75 Å². The highest BCUT2D eigenvalue weighted by Crippen LogP contribution is 2.33. The summed E-state index contributed by atoms with van der Waals surface area (Å²) >= 11 is 0. The van der Waals surface area contributed by atoms with Crippen LogP contribution in [-0.2, 0) is 21.2 Å². The van der Waals surface area contributed by atoms with Gasteiger partial charge in [-0.15, -0.1) is 0 Å². The number of carbonyl (C=O) groups excluding carboxylic acids is 1. The second kappa shape index (κ2) is 10.9. The number of ether oxygens (including phenoxy) is 1. The molecule has 0 aliphatic carbocycles. The Hall–Kier alpha value is -4.56. The van der Waals surface area contributed by atoms with Crippen LogP contribution in [-0.4, -0.2) is 89.1 Å². The number of aromatic nitrogens is 6. The van der Waals surface area contributed by atoms with Gasteiger partial charge in [0.15, 0.2) is 5.65 Å². The monoisotopic (exact) mass is 563 g/mol. The molecule has 14 heteroatoms. The van der Waals surface area contributed by atoms with E-state index in [1.165, 1.54) is 7.11 Å². The van der Waals surface area contributed by atoms with Crippen molar-refractivity contribution >= 4 is 38.2 Å². The van der Waals surface area contributed by atoms with Crippen molar-refractivity contribution in [3.8, 4) is 22.7 Å². The second-order valence-electron chi connectivity index (χ2n) is 9.48. The maximum absolute atomic E-state index is 12.8. The quantitative estimate of drug-likeness (QED) is 0.259. The molecule has 0 atom stereocenters. The number of benzene rings is 1. The summed E-state index contributed by atoms with van der Waals surface area (Å²) in [5, 5.41) is 12.8. The molecule has 0 unspecified atom stereocenters. The zero-order chi connectivity index (χ0) is 28.4. The van der Waals surface area contributed by atoms with Crippen LogP contribution >= 0.6 is 0 Å². The number of hydrogen-bond acceptors (Lipinski definition) is 9. The van der Waals surface area contributed by atoms with Crippen molar-refractivity contribution < 1.29 is 17.9 Å². The van der Waals surface area contributed by atoms with Gasteiger partial charge in [-0.05, 0) is 38.4 Å². The number of nitrogens with zero attached hydrogens (tertiary/aromatic N) is 7. The summed E-state index contributed by atoms with van der Waals surface area (Å²) in [6.45, 7) is 1.22. The predicted molar refractivity (Wildman–Crippen MR) is 151 cm³/mol. The van der Waals surface area contributed by atoms with Crippen LogP contribution in [0, 0.1) is 0 Å². The predicted octanol–water partition coefficient (Wildman–Crippen LogP) is 1.73. The van der Waals surface area contributed by atoms with Crippen LogP contribution in [0.3, 0.4) is 0 Å². The van der Waals surface area contributed by atoms with Gasteiger partial charge in [0.2, 0.25) is 15.9 Å². The second-order valence-corrected chi connectivity index (χ2v) is 11.2. The first-order valence-corrected chi connectivity index (χ1v) is 14.3. The van der Waals surface area contributed by atoms with E-state index < -0.39 is 10.0 Å². The van der Waals surface area contributed by atoms with Crippen LogP contribution in [0.1, 0.15) is 5.69 Å². The molecule has 0 aliphatic heterocycles. The lowest BCUT2D eigenvalue weighted by Gasteiger charge is -2.12. The molecule has 13 nitrogen and oxygen atoms in total. The van der Waals surface area contributed by atoms with E-state index in [0.717, 1.165) is 11.8 Å². The number of anilines is 1. The van der Waals surface area contributed by atoms with Crippen LogP contribution in [0.2, 0.25) is 0 Å². The Morgan fingerprint density at radius 1 is 1.15 bits per heavy atom. The molecule has 208 valence electrons. The first kappa shape index (κ1) is 27.0. The lowest BCUT2D eigenvalue weighted by atomic mass is 10.1. The minimum atomic E-state index is -3.48. The largest absolute Gasteiger partial charge is 0.494 e. The Labute approximate surface area is 230 Å². The van der Waals surface area contributed by atoms with Crippen molar-refractivity contribution in [1.29, 1.82) is 0 Å². The lowest BCUT2D eigenvalue weighted by molar-refractivity contribution is -0.120. The molecule has 0 aliphatic rings. The smallest absolute Gasteiger partial charge is 0.229 e. The molecule has 0 saturated carbocycles. The summed E-state index contributed by atoms with van der Waals surface area (Å²) in [5.41, 5.74) is 4.13. The van der Waals surface area contributed by atoms with Gasteiger partial charge < -0.3 is 15.0 Å². The van der Waals surface area contributed by atoms with Gasteiger partial charge in [-0.1, -0.05) is 0 Å². The van der Waals surface area contributed by atoms with Gasteiger partial charge in [-0.3, -0.25) is 14.5 Å². The number of carbonyl (C=O) groups is 1. The topological polar surface area (TPSA) is 149 Å². The molecule has 0 saturated heterocycles. The summed E-state index contributed by atoms with van der Waals surface area (Å²) in [4.78, 5) is 23.9. The van der Waals surface area contributed by atoms with Crippen LogP contribution < -0.4 is 14.8 Å². The molecule has 2 N–H and O–H groups in total. The van der Waals surface area contributed by atoms with Crippen LogP contribution in [0.4, 0.5) is 5.69 Å². The van der Waals surface area contributed by atoms with Gasteiger partial charge in [0.05, 0.1) is 54.1 Å². The average molecular weight is 564 g/mol. The fourth-order valence-corrected chi connectivity index (χ4v) is 4.86. The zero-order valence-corrected chi connectivity index (χ0v) is 23.3. The number of rotatable bonds is 10. The summed E-state index contributed by atoms with van der Waals surface area (Å²) in [6.07, 6.45) is 8.00. The summed E-state index contributed by atoms with van der Waals surface area (Å²) in [5.74, 6) is 0.222. The van der Waals surface area contributed by atoms with E-state index in [1.54, 1.807) is 58.3 Å². The van der Waals surface area contributed by atoms with Crippen molar-refractivity contribution in [3.63, 3.8) is 0 Å². The van der Waals surface area contributed by atoms with Gasteiger partial charge in [0.1, 0.15) is 11.4 Å². The highest BCUT2D eigenvalue weighted by molar-refractivity contribution is 7.92. The fraction of sp³-hybridized carbons (Fsp3) is 0.269. The molecule has 4 aromatic heterocycles. The normalized spacial score (nSPS) is 11.8. The molecule has 0 fully saturated rings. The Morgan fingerprint density at radius 3 is 2.73 bits per heavy atom. The molecule has 5 rings (SSSR count). The van der Waals surface area contributed by atoms with Crippen molar-refractivity contribution in [3.05, 3.63) is 60.8 Å². The third-order valence-corrected chi connectivity index (χ3v) is 6.72. The maximum Gasteiger partial charge on any atom is 0.229 e. The summed E-state index contributed by atoms with van der Waals surface area (Å²) in [7, 11) is 1.89. The van der Waals surface area contributed by atoms with Crippen LogP contribution in [0.15, 0.2) is 55.1 Å².